The molecular formula is C15H11BrN2. The van der Waals surface area contributed by atoms with E-state index in [1.54, 1.807) is 0 Å². The number of benzene rings is 2. The second-order valence-corrected chi connectivity index (χ2v) is 4.95. The lowest BCUT2D eigenvalue weighted by Crippen LogP contribution is -2.04. The zero-order valence-electron chi connectivity index (χ0n) is 9.68. The number of rotatable bonds is 1. The third-order valence-corrected chi connectivity index (χ3v) is 3.24. The number of halogens is 1. The van der Waals surface area contributed by atoms with Crippen LogP contribution in [-0.4, -0.2) is 16.9 Å². The fraction of sp³-hybridized carbons (Fsp3) is 0.0667. The van der Waals surface area contributed by atoms with E-state index in [9.17, 15) is 0 Å². The van der Waals surface area contributed by atoms with Crippen molar-refractivity contribution in [2.45, 2.75) is 0 Å². The Balaban J connectivity index is 2.19. The van der Waals surface area contributed by atoms with Crippen molar-refractivity contribution in [3.05, 3.63) is 65.7 Å². The Kier molecular flexibility index (Phi) is 3.07. The first-order chi connectivity index (χ1) is 8.84. The van der Waals surface area contributed by atoms with E-state index in [1.165, 1.54) is 0 Å². The van der Waals surface area contributed by atoms with Crippen LogP contribution in [0.2, 0.25) is 0 Å². The Morgan fingerprint density at radius 1 is 0.889 bits per heavy atom. The third kappa shape index (κ3) is 2.14. The number of hydrogen-bond acceptors (Lipinski definition) is 2. The normalized spacial score (nSPS) is 14.3. The van der Waals surface area contributed by atoms with Gasteiger partial charge in [0.05, 0.1) is 17.9 Å². The third-order valence-electron chi connectivity index (χ3n) is 2.82. The highest BCUT2D eigenvalue weighted by molar-refractivity contribution is 9.18. The number of fused-ring (bicyclic) bond motifs is 1. The second-order valence-electron chi connectivity index (χ2n) is 4.04. The van der Waals surface area contributed by atoms with Gasteiger partial charge in [-0.05, 0) is 22.0 Å². The summed E-state index contributed by atoms with van der Waals surface area (Å²) in [5.41, 5.74) is 4.18. The van der Waals surface area contributed by atoms with Crippen LogP contribution in [0.1, 0.15) is 11.1 Å². The molecule has 0 atom stereocenters. The number of aliphatic imine (C=N–C) groups is 2. The van der Waals surface area contributed by atoms with Crippen molar-refractivity contribution in [2.24, 2.45) is 9.98 Å². The standard InChI is InChI=1S/C15H11BrN2/c16-14-10-17-15(11-6-2-1-3-7-11)12-8-4-5-9-13(12)18-14/h1-9H,10H2. The summed E-state index contributed by atoms with van der Waals surface area (Å²) in [7, 11) is 0. The maximum Gasteiger partial charge on any atom is 0.105 e. The van der Waals surface area contributed by atoms with Gasteiger partial charge in [-0.15, -0.1) is 0 Å². The Bertz CT molecular complexity index is 630. The summed E-state index contributed by atoms with van der Waals surface area (Å²) in [6.45, 7) is 0.582. The van der Waals surface area contributed by atoms with Crippen LogP contribution in [0.5, 0.6) is 0 Å². The topological polar surface area (TPSA) is 24.7 Å². The van der Waals surface area contributed by atoms with Crippen molar-refractivity contribution in [3.63, 3.8) is 0 Å². The highest BCUT2D eigenvalue weighted by atomic mass is 79.9. The van der Waals surface area contributed by atoms with Gasteiger partial charge in [0.25, 0.3) is 0 Å². The van der Waals surface area contributed by atoms with Crippen LogP contribution in [0.25, 0.3) is 0 Å². The fourth-order valence-corrected chi connectivity index (χ4v) is 2.33. The molecule has 0 unspecified atom stereocenters. The van der Waals surface area contributed by atoms with Crippen LogP contribution >= 0.6 is 15.9 Å². The fourth-order valence-electron chi connectivity index (χ4n) is 2.01. The van der Waals surface area contributed by atoms with Crippen molar-refractivity contribution in [3.8, 4) is 0 Å². The molecule has 3 rings (SSSR count). The first-order valence-corrected chi connectivity index (χ1v) is 6.56. The van der Waals surface area contributed by atoms with Crippen LogP contribution in [0.4, 0.5) is 5.69 Å². The average Bonchev–Trinajstić information content (AvgIpc) is 2.58. The van der Waals surface area contributed by atoms with E-state index in [-0.39, 0.29) is 0 Å². The Morgan fingerprint density at radius 2 is 1.61 bits per heavy atom. The molecule has 1 aliphatic heterocycles. The molecule has 0 fully saturated rings. The van der Waals surface area contributed by atoms with Gasteiger partial charge in [0.2, 0.25) is 0 Å². The van der Waals surface area contributed by atoms with Gasteiger partial charge in [-0.25, -0.2) is 4.99 Å². The van der Waals surface area contributed by atoms with E-state index >= 15 is 0 Å². The van der Waals surface area contributed by atoms with Crippen molar-refractivity contribution >= 4 is 31.9 Å². The number of para-hydroxylation sites is 1. The monoisotopic (exact) mass is 298 g/mol. The average molecular weight is 299 g/mol. The zero-order valence-corrected chi connectivity index (χ0v) is 11.3. The van der Waals surface area contributed by atoms with E-state index in [1.807, 2.05) is 36.4 Å². The molecule has 0 bridgehead atoms. The molecule has 0 spiro atoms. The lowest BCUT2D eigenvalue weighted by Gasteiger charge is -2.07. The summed E-state index contributed by atoms with van der Waals surface area (Å²) in [6, 6.07) is 18.3. The quantitative estimate of drug-likeness (QED) is 0.761. The molecule has 0 saturated heterocycles. The summed E-state index contributed by atoms with van der Waals surface area (Å²) < 4.78 is 0.862. The molecule has 2 nitrogen and oxygen atoms in total. The maximum atomic E-state index is 4.65. The second kappa shape index (κ2) is 4.86. The lowest BCUT2D eigenvalue weighted by atomic mass is 10.0. The number of nitrogens with zero attached hydrogens (tertiary/aromatic N) is 2. The Morgan fingerprint density at radius 3 is 2.44 bits per heavy atom. The molecule has 0 saturated carbocycles. The molecule has 1 aliphatic rings. The van der Waals surface area contributed by atoms with E-state index in [0.29, 0.717) is 6.54 Å². The van der Waals surface area contributed by atoms with Crippen molar-refractivity contribution in [1.82, 2.24) is 0 Å². The van der Waals surface area contributed by atoms with E-state index in [0.717, 1.165) is 27.1 Å². The summed E-state index contributed by atoms with van der Waals surface area (Å²) in [6.07, 6.45) is 0. The summed E-state index contributed by atoms with van der Waals surface area (Å²) >= 11 is 3.45. The minimum absolute atomic E-state index is 0.582. The van der Waals surface area contributed by atoms with Gasteiger partial charge in [0.15, 0.2) is 0 Å². The number of hydrogen-bond donors (Lipinski definition) is 0. The van der Waals surface area contributed by atoms with Crippen LogP contribution in [0.3, 0.4) is 0 Å². The largest absolute Gasteiger partial charge is 0.277 e. The first kappa shape index (κ1) is 11.4. The summed E-state index contributed by atoms with van der Waals surface area (Å²) in [5.74, 6) is 0. The molecule has 0 N–H and O–H groups in total. The molecule has 0 radical (unpaired) electrons. The molecule has 0 amide bonds. The minimum atomic E-state index is 0.582. The van der Waals surface area contributed by atoms with Gasteiger partial charge in [-0.1, -0.05) is 48.5 Å². The Hall–Kier alpha value is -1.74. The molecule has 2 aromatic carbocycles. The van der Waals surface area contributed by atoms with Gasteiger partial charge in [-0.2, -0.15) is 0 Å². The van der Waals surface area contributed by atoms with Gasteiger partial charge in [-0.3, -0.25) is 4.99 Å². The zero-order chi connectivity index (χ0) is 12.4. The van der Waals surface area contributed by atoms with E-state index in [4.69, 9.17) is 0 Å². The van der Waals surface area contributed by atoms with Crippen molar-refractivity contribution in [1.29, 1.82) is 0 Å². The van der Waals surface area contributed by atoms with Gasteiger partial charge < -0.3 is 0 Å². The highest BCUT2D eigenvalue weighted by Crippen LogP contribution is 2.25. The van der Waals surface area contributed by atoms with Crippen LogP contribution in [0, 0.1) is 0 Å². The van der Waals surface area contributed by atoms with E-state index < -0.39 is 0 Å². The molecule has 18 heavy (non-hydrogen) atoms. The van der Waals surface area contributed by atoms with Gasteiger partial charge in [0, 0.05) is 11.1 Å². The predicted octanol–water partition coefficient (Wildman–Crippen LogP) is 3.96. The van der Waals surface area contributed by atoms with Crippen LogP contribution in [0.15, 0.2) is 64.6 Å². The lowest BCUT2D eigenvalue weighted by molar-refractivity contribution is 1.32. The molecule has 0 aliphatic carbocycles. The molecule has 1 heterocycles. The van der Waals surface area contributed by atoms with Crippen molar-refractivity contribution in [2.75, 3.05) is 6.54 Å². The molecule has 2 aromatic rings. The molecular weight excluding hydrogens is 288 g/mol. The first-order valence-electron chi connectivity index (χ1n) is 5.77. The summed E-state index contributed by atoms with van der Waals surface area (Å²) in [5, 5.41) is 0. The maximum absolute atomic E-state index is 4.65. The van der Waals surface area contributed by atoms with Crippen LogP contribution in [-0.2, 0) is 0 Å². The van der Waals surface area contributed by atoms with Gasteiger partial charge >= 0.3 is 0 Å². The molecule has 3 heteroatoms. The smallest absolute Gasteiger partial charge is 0.105 e. The van der Waals surface area contributed by atoms with Gasteiger partial charge in [0.1, 0.15) is 4.62 Å². The predicted molar refractivity (Wildman–Crippen MR) is 79.4 cm³/mol. The minimum Gasteiger partial charge on any atom is -0.277 e. The van der Waals surface area contributed by atoms with E-state index in [2.05, 4.69) is 44.1 Å². The van der Waals surface area contributed by atoms with Crippen LogP contribution < -0.4 is 0 Å². The molecule has 88 valence electrons. The Labute approximate surface area is 114 Å². The van der Waals surface area contributed by atoms with Crippen molar-refractivity contribution < 1.29 is 0 Å². The SMILES string of the molecule is BrC1=Nc2ccccc2C(c2ccccc2)=NC1. The highest BCUT2D eigenvalue weighted by Gasteiger charge is 2.14. The molecule has 0 aromatic heterocycles. The summed E-state index contributed by atoms with van der Waals surface area (Å²) in [4.78, 5) is 9.19.